The van der Waals surface area contributed by atoms with E-state index in [0.717, 1.165) is 0 Å². The molecule has 1 aromatic heterocycles. The minimum absolute atomic E-state index is 0.112. The lowest BCUT2D eigenvalue weighted by Crippen LogP contribution is -2.13. The van der Waals surface area contributed by atoms with Gasteiger partial charge < -0.3 is 14.6 Å². The van der Waals surface area contributed by atoms with Crippen molar-refractivity contribution in [3.63, 3.8) is 0 Å². The molecule has 0 saturated heterocycles. The highest BCUT2D eigenvalue weighted by Crippen LogP contribution is 2.28. The molecule has 0 aliphatic carbocycles. The molecule has 6 heteroatoms. The molecule has 2 aromatic rings. The molecule has 0 aliphatic heterocycles. The van der Waals surface area contributed by atoms with Gasteiger partial charge in [0.15, 0.2) is 0 Å². The topological polar surface area (TPSA) is 39.1 Å². The van der Waals surface area contributed by atoms with Gasteiger partial charge in [0.25, 0.3) is 0 Å². The Kier molecular flexibility index (Phi) is 4.55. The number of benzene rings is 1. The second kappa shape index (κ2) is 6.16. The van der Waals surface area contributed by atoms with E-state index in [4.69, 9.17) is 4.74 Å². The van der Waals surface area contributed by atoms with Crippen molar-refractivity contribution < 1.29 is 9.13 Å². The molecule has 0 spiro atoms. The maximum Gasteiger partial charge on any atom is 0.207 e. The van der Waals surface area contributed by atoms with E-state index in [1.807, 2.05) is 17.7 Å². The van der Waals surface area contributed by atoms with Gasteiger partial charge in [-0.2, -0.15) is 0 Å². The molecule has 0 saturated carbocycles. The summed E-state index contributed by atoms with van der Waals surface area (Å²) in [7, 11) is 1.65. The van der Waals surface area contributed by atoms with Crippen LogP contribution in [-0.4, -0.2) is 23.3 Å². The Hall–Kier alpha value is -1.40. The Morgan fingerprint density at radius 2 is 2.32 bits per heavy atom. The Labute approximate surface area is 119 Å². The van der Waals surface area contributed by atoms with Crippen molar-refractivity contribution in [3.8, 4) is 0 Å². The van der Waals surface area contributed by atoms with Crippen molar-refractivity contribution in [1.29, 1.82) is 0 Å². The fraction of sp³-hybridized carbons (Fsp3) is 0.308. The minimum atomic E-state index is -0.330. The van der Waals surface area contributed by atoms with Crippen molar-refractivity contribution >= 4 is 27.6 Å². The molecule has 0 aliphatic rings. The normalized spacial score (nSPS) is 12.4. The number of halogens is 2. The lowest BCUT2D eigenvalue weighted by atomic mass is 10.3. The van der Waals surface area contributed by atoms with Gasteiger partial charge in [0.2, 0.25) is 5.95 Å². The summed E-state index contributed by atoms with van der Waals surface area (Å²) < 4.78 is 21.4. The summed E-state index contributed by atoms with van der Waals surface area (Å²) in [5, 5.41) is 3.00. The Morgan fingerprint density at radius 3 is 3.00 bits per heavy atom. The Balaban J connectivity index is 2.27. The van der Waals surface area contributed by atoms with E-state index in [1.165, 1.54) is 6.07 Å². The summed E-state index contributed by atoms with van der Waals surface area (Å²) in [5.41, 5.74) is 0.375. The van der Waals surface area contributed by atoms with E-state index in [2.05, 4.69) is 26.2 Å². The van der Waals surface area contributed by atoms with Crippen LogP contribution >= 0.6 is 15.9 Å². The first-order valence-corrected chi connectivity index (χ1v) is 6.65. The van der Waals surface area contributed by atoms with E-state index in [9.17, 15) is 4.39 Å². The highest BCUT2D eigenvalue weighted by atomic mass is 79.9. The number of imidazole rings is 1. The Morgan fingerprint density at radius 1 is 1.53 bits per heavy atom. The second-order valence-corrected chi connectivity index (χ2v) is 5.04. The minimum Gasteiger partial charge on any atom is -0.383 e. The number of aromatic nitrogens is 2. The number of nitrogens with one attached hydrogen (secondary N) is 1. The van der Waals surface area contributed by atoms with Crippen LogP contribution in [0.1, 0.15) is 13.0 Å². The molecule has 19 heavy (non-hydrogen) atoms. The average Bonchev–Trinajstić information content (AvgIpc) is 2.82. The van der Waals surface area contributed by atoms with Crippen LogP contribution in [0.4, 0.5) is 16.0 Å². The van der Waals surface area contributed by atoms with Gasteiger partial charge in [0.1, 0.15) is 5.82 Å². The molecule has 1 heterocycles. The summed E-state index contributed by atoms with van der Waals surface area (Å²) in [6, 6.07) is 4.93. The van der Waals surface area contributed by atoms with Crippen LogP contribution in [0.15, 0.2) is 35.1 Å². The standard InChI is InChI=1S/C13H15BrFN3O/c1-9(8-19-2)18-7-6-16-13(18)17-12-10(14)4-3-5-11(12)15/h3-7,9H,8H2,1-2H3,(H,16,17). The van der Waals surface area contributed by atoms with Crippen molar-refractivity contribution in [2.24, 2.45) is 0 Å². The third-order valence-electron chi connectivity index (χ3n) is 2.75. The van der Waals surface area contributed by atoms with E-state index in [1.54, 1.807) is 25.4 Å². The first kappa shape index (κ1) is 14.0. The third-order valence-corrected chi connectivity index (χ3v) is 3.41. The van der Waals surface area contributed by atoms with Gasteiger partial charge >= 0.3 is 0 Å². The van der Waals surface area contributed by atoms with E-state index in [0.29, 0.717) is 22.7 Å². The first-order chi connectivity index (χ1) is 9.13. The van der Waals surface area contributed by atoms with Gasteiger partial charge in [-0.1, -0.05) is 6.07 Å². The summed E-state index contributed by atoms with van der Waals surface area (Å²) in [5.74, 6) is 0.249. The van der Waals surface area contributed by atoms with Gasteiger partial charge in [-0.25, -0.2) is 9.37 Å². The smallest absolute Gasteiger partial charge is 0.207 e. The SMILES string of the molecule is COCC(C)n1ccnc1Nc1c(F)cccc1Br. The number of nitrogens with zero attached hydrogens (tertiary/aromatic N) is 2. The monoisotopic (exact) mass is 327 g/mol. The zero-order chi connectivity index (χ0) is 13.8. The molecular weight excluding hydrogens is 313 g/mol. The zero-order valence-corrected chi connectivity index (χ0v) is 12.3. The number of hydrogen-bond acceptors (Lipinski definition) is 3. The highest BCUT2D eigenvalue weighted by molar-refractivity contribution is 9.10. The van der Waals surface area contributed by atoms with E-state index in [-0.39, 0.29) is 11.9 Å². The van der Waals surface area contributed by atoms with Gasteiger partial charge in [-0.3, -0.25) is 0 Å². The molecule has 0 bridgehead atoms. The quantitative estimate of drug-likeness (QED) is 0.909. The molecule has 0 radical (unpaired) electrons. The molecule has 1 aromatic carbocycles. The fourth-order valence-electron chi connectivity index (χ4n) is 1.82. The predicted molar refractivity (Wildman–Crippen MR) is 76.2 cm³/mol. The third kappa shape index (κ3) is 3.13. The fourth-order valence-corrected chi connectivity index (χ4v) is 2.26. The molecule has 4 nitrogen and oxygen atoms in total. The summed E-state index contributed by atoms with van der Waals surface area (Å²) in [6.07, 6.45) is 3.50. The molecule has 0 fully saturated rings. The van der Waals surface area contributed by atoms with Gasteiger partial charge in [0, 0.05) is 24.0 Å². The van der Waals surface area contributed by atoms with Crippen LogP contribution in [0.25, 0.3) is 0 Å². The maximum absolute atomic E-state index is 13.8. The first-order valence-electron chi connectivity index (χ1n) is 5.86. The van der Waals surface area contributed by atoms with Crippen molar-refractivity contribution in [2.75, 3.05) is 19.0 Å². The number of hydrogen-bond donors (Lipinski definition) is 1. The van der Waals surface area contributed by atoms with Crippen LogP contribution in [-0.2, 0) is 4.74 Å². The van der Waals surface area contributed by atoms with Crippen LogP contribution in [0.2, 0.25) is 0 Å². The van der Waals surface area contributed by atoms with Crippen molar-refractivity contribution in [2.45, 2.75) is 13.0 Å². The summed E-state index contributed by atoms with van der Waals surface area (Å²) >= 11 is 3.32. The number of anilines is 2. The highest BCUT2D eigenvalue weighted by Gasteiger charge is 2.13. The van der Waals surface area contributed by atoms with E-state index < -0.39 is 0 Å². The zero-order valence-electron chi connectivity index (χ0n) is 10.7. The van der Waals surface area contributed by atoms with Crippen LogP contribution in [0.5, 0.6) is 0 Å². The predicted octanol–water partition coefficient (Wildman–Crippen LogP) is 3.74. The summed E-state index contributed by atoms with van der Waals surface area (Å²) in [4.78, 5) is 4.21. The lowest BCUT2D eigenvalue weighted by Gasteiger charge is -2.17. The number of para-hydroxylation sites is 1. The molecule has 1 unspecified atom stereocenters. The molecule has 0 amide bonds. The lowest BCUT2D eigenvalue weighted by molar-refractivity contribution is 0.163. The molecular formula is C13H15BrFN3O. The van der Waals surface area contributed by atoms with Crippen molar-refractivity contribution in [1.82, 2.24) is 9.55 Å². The van der Waals surface area contributed by atoms with Crippen LogP contribution in [0, 0.1) is 5.82 Å². The van der Waals surface area contributed by atoms with Gasteiger partial charge in [-0.05, 0) is 35.0 Å². The number of rotatable bonds is 5. The maximum atomic E-state index is 13.8. The molecule has 102 valence electrons. The van der Waals surface area contributed by atoms with Crippen molar-refractivity contribution in [3.05, 3.63) is 40.9 Å². The van der Waals surface area contributed by atoms with Gasteiger partial charge in [0.05, 0.1) is 18.3 Å². The van der Waals surface area contributed by atoms with Crippen LogP contribution < -0.4 is 5.32 Å². The largest absolute Gasteiger partial charge is 0.383 e. The molecule has 1 atom stereocenters. The van der Waals surface area contributed by atoms with Crippen LogP contribution in [0.3, 0.4) is 0 Å². The van der Waals surface area contributed by atoms with E-state index >= 15 is 0 Å². The Bertz CT molecular complexity index is 538. The van der Waals surface area contributed by atoms with Gasteiger partial charge in [-0.15, -0.1) is 0 Å². The number of ether oxygens (including phenoxy) is 1. The number of methoxy groups -OCH3 is 1. The molecule has 2 rings (SSSR count). The average molecular weight is 328 g/mol. The second-order valence-electron chi connectivity index (χ2n) is 4.18. The summed E-state index contributed by atoms with van der Waals surface area (Å²) in [6.45, 7) is 2.57. The molecule has 1 N–H and O–H groups in total.